The van der Waals surface area contributed by atoms with Crippen LogP contribution in [0.3, 0.4) is 0 Å². The Kier molecular flexibility index (Phi) is 11.6. The smallest absolute Gasteiger partial charge is 0.414 e. The van der Waals surface area contributed by atoms with Crippen molar-refractivity contribution in [3.8, 4) is 0 Å². The summed E-state index contributed by atoms with van der Waals surface area (Å²) in [5.41, 5.74) is 0.797. The number of hydrogen-bond acceptors (Lipinski definition) is 9. The van der Waals surface area contributed by atoms with Gasteiger partial charge in [-0.15, -0.1) is 0 Å². The van der Waals surface area contributed by atoms with Crippen molar-refractivity contribution in [1.29, 1.82) is 0 Å². The number of ether oxygens (including phenoxy) is 1. The number of carbonyl (C=O) groups excluding carboxylic acids is 1. The maximum absolute atomic E-state index is 10.6. The van der Waals surface area contributed by atoms with Gasteiger partial charge < -0.3 is 34.9 Å². The van der Waals surface area contributed by atoms with Crippen molar-refractivity contribution in [2.24, 2.45) is 5.16 Å². The molecule has 0 aromatic heterocycles. The summed E-state index contributed by atoms with van der Waals surface area (Å²) in [6, 6.07) is 0. The maximum atomic E-state index is 10.6. The summed E-state index contributed by atoms with van der Waals surface area (Å²) < 4.78 is 5.83. The van der Waals surface area contributed by atoms with Gasteiger partial charge in [0.15, 0.2) is 0 Å². The van der Waals surface area contributed by atoms with Gasteiger partial charge in [0.05, 0.1) is 17.9 Å². The lowest BCUT2D eigenvalue weighted by Gasteiger charge is -2.36. The topological polar surface area (TPSA) is 200 Å². The van der Waals surface area contributed by atoms with E-state index in [9.17, 15) is 14.4 Å². The lowest BCUT2D eigenvalue weighted by molar-refractivity contribution is -0.159. The molecule has 30 heavy (non-hydrogen) atoms. The first-order chi connectivity index (χ1) is 13.9. The molecule has 2 fully saturated rings. The Morgan fingerprint density at radius 1 is 1.00 bits per heavy atom. The third-order valence-corrected chi connectivity index (χ3v) is 3.82. The second-order valence-corrected chi connectivity index (χ2v) is 6.31. The fraction of sp³-hybridized carbons (Fsp3) is 0.529. The van der Waals surface area contributed by atoms with E-state index in [1.807, 2.05) is 0 Å². The highest BCUT2D eigenvalue weighted by Gasteiger charge is 2.40. The molecule has 0 amide bonds. The summed E-state index contributed by atoms with van der Waals surface area (Å²) in [5, 5.41) is 34.2. The molecule has 2 aliphatic heterocycles. The first-order valence-corrected chi connectivity index (χ1v) is 8.53. The minimum Gasteiger partial charge on any atom is -0.478 e. The van der Waals surface area contributed by atoms with Crippen molar-refractivity contribution in [2.45, 2.75) is 31.8 Å². The van der Waals surface area contributed by atoms with E-state index in [4.69, 9.17) is 34.8 Å². The molecule has 13 heteroatoms. The second kappa shape index (κ2) is 13.0. The van der Waals surface area contributed by atoms with Crippen LogP contribution in [0.2, 0.25) is 0 Å². The number of oxime groups is 1. The molecule has 2 saturated heterocycles. The van der Waals surface area contributed by atoms with Gasteiger partial charge in [0.2, 0.25) is 0 Å². The van der Waals surface area contributed by atoms with Crippen LogP contribution in [0.15, 0.2) is 17.3 Å². The third-order valence-electron chi connectivity index (χ3n) is 3.82. The Labute approximate surface area is 171 Å². The van der Waals surface area contributed by atoms with E-state index in [2.05, 4.69) is 21.9 Å². The lowest BCUT2D eigenvalue weighted by atomic mass is 9.88. The molecule has 2 aliphatic rings. The van der Waals surface area contributed by atoms with Crippen molar-refractivity contribution in [1.82, 2.24) is 4.90 Å². The number of likely N-dealkylation sites (tertiary alicyclic amines) is 1. The van der Waals surface area contributed by atoms with Crippen LogP contribution in [0.4, 0.5) is 0 Å². The van der Waals surface area contributed by atoms with Gasteiger partial charge in [-0.25, -0.2) is 24.0 Å². The molecule has 168 valence electrons. The minimum absolute atomic E-state index is 0.0501. The van der Waals surface area contributed by atoms with E-state index < -0.39 is 23.9 Å². The quantitative estimate of drug-likeness (QED) is 0.196. The van der Waals surface area contributed by atoms with Gasteiger partial charge >= 0.3 is 29.8 Å². The van der Waals surface area contributed by atoms with Crippen LogP contribution < -0.4 is 0 Å². The average molecular weight is 432 g/mol. The van der Waals surface area contributed by atoms with Gasteiger partial charge in [-0.3, -0.25) is 0 Å². The number of piperidine rings is 1. The molecule has 0 bridgehead atoms. The van der Waals surface area contributed by atoms with Crippen molar-refractivity contribution < 1.29 is 54.0 Å². The number of rotatable bonds is 3. The Morgan fingerprint density at radius 3 is 1.83 bits per heavy atom. The normalized spacial score (nSPS) is 18.7. The van der Waals surface area contributed by atoms with Gasteiger partial charge in [0.25, 0.3) is 0 Å². The predicted molar refractivity (Wildman–Crippen MR) is 98.9 cm³/mol. The predicted octanol–water partition coefficient (Wildman–Crippen LogP) is -0.342. The fourth-order valence-electron chi connectivity index (χ4n) is 2.39. The summed E-state index contributed by atoms with van der Waals surface area (Å²) in [6.45, 7) is 3.96. The highest BCUT2D eigenvalue weighted by atomic mass is 16.7. The molecule has 0 unspecified atom stereocenters. The molecule has 0 radical (unpaired) electrons. The Bertz CT molecular complexity index is 678. The van der Waals surface area contributed by atoms with E-state index in [-0.39, 0.29) is 11.6 Å². The third kappa shape index (κ3) is 12.2. The number of hydrogen-bond donors (Lipinski definition) is 4. The van der Waals surface area contributed by atoms with E-state index >= 15 is 0 Å². The van der Waals surface area contributed by atoms with Gasteiger partial charge in [0, 0.05) is 38.6 Å². The van der Waals surface area contributed by atoms with Crippen molar-refractivity contribution >= 4 is 35.6 Å². The molecular formula is C17H24N2O11. The Hall–Kier alpha value is -3.32. The van der Waals surface area contributed by atoms with E-state index in [1.165, 1.54) is 6.92 Å². The minimum atomic E-state index is -1.82. The highest BCUT2D eigenvalue weighted by molar-refractivity contribution is 6.27. The van der Waals surface area contributed by atoms with Crippen LogP contribution in [0.25, 0.3) is 0 Å². The zero-order valence-corrected chi connectivity index (χ0v) is 16.4. The van der Waals surface area contributed by atoms with Crippen molar-refractivity contribution in [3.05, 3.63) is 12.2 Å². The summed E-state index contributed by atoms with van der Waals surface area (Å²) in [7, 11) is 2.12. The van der Waals surface area contributed by atoms with Crippen LogP contribution in [0, 0.1) is 0 Å². The standard InChI is InChI=1S/C11H18N2O3.C4H4O4.C2H2O4/c1-9(14)16-12-10-7-11(15-8-10)3-5-13(2)6-4-11;5-3(6)1-2-4(7)8;3-1(4)2(5)6/h3-8H2,1-2H3;1-2H,(H,5,6)(H,7,8);(H,3,4)(H,5,6)/b12-10-;2-1-;. The van der Waals surface area contributed by atoms with Gasteiger partial charge in [-0.2, -0.15) is 0 Å². The second-order valence-electron chi connectivity index (χ2n) is 6.31. The fourth-order valence-corrected chi connectivity index (χ4v) is 2.39. The first kappa shape index (κ1) is 26.7. The molecule has 2 rings (SSSR count). The van der Waals surface area contributed by atoms with Gasteiger partial charge in [-0.05, 0) is 19.9 Å². The number of nitrogens with zero attached hydrogens (tertiary/aromatic N) is 2. The molecule has 13 nitrogen and oxygen atoms in total. The number of carbonyl (C=O) groups is 5. The van der Waals surface area contributed by atoms with Crippen LogP contribution in [-0.2, 0) is 33.5 Å². The molecule has 0 aliphatic carbocycles. The average Bonchev–Trinajstić information content (AvgIpc) is 3.05. The summed E-state index contributed by atoms with van der Waals surface area (Å²) in [5.74, 6) is -6.54. The van der Waals surface area contributed by atoms with Gasteiger partial charge in [-0.1, -0.05) is 5.16 Å². The number of carboxylic acid groups (broad SMARTS) is 4. The van der Waals surface area contributed by atoms with Crippen LogP contribution in [0.5, 0.6) is 0 Å². The first-order valence-electron chi connectivity index (χ1n) is 8.53. The number of aliphatic carboxylic acids is 4. The zero-order chi connectivity index (χ0) is 23.3. The van der Waals surface area contributed by atoms with Crippen molar-refractivity contribution in [2.75, 3.05) is 26.7 Å². The lowest BCUT2D eigenvalue weighted by Crippen LogP contribution is -2.42. The Balaban J connectivity index is 0.000000505. The Morgan fingerprint density at radius 2 is 1.47 bits per heavy atom. The molecule has 4 N–H and O–H groups in total. The highest BCUT2D eigenvalue weighted by Crippen LogP contribution is 2.34. The molecule has 0 aromatic rings. The summed E-state index contributed by atoms with van der Waals surface area (Å²) in [4.78, 5) is 54.9. The van der Waals surface area contributed by atoms with Crippen LogP contribution in [-0.4, -0.2) is 93.2 Å². The van der Waals surface area contributed by atoms with E-state index in [0.29, 0.717) is 18.8 Å². The largest absolute Gasteiger partial charge is 0.478 e. The summed E-state index contributed by atoms with van der Waals surface area (Å²) >= 11 is 0. The van der Waals surface area contributed by atoms with Gasteiger partial charge in [0.1, 0.15) is 0 Å². The zero-order valence-electron chi connectivity index (χ0n) is 16.4. The van der Waals surface area contributed by atoms with Crippen LogP contribution in [0.1, 0.15) is 26.2 Å². The van der Waals surface area contributed by atoms with Crippen LogP contribution >= 0.6 is 0 Å². The molecular weight excluding hydrogens is 408 g/mol. The summed E-state index contributed by atoms with van der Waals surface area (Å²) in [6.07, 6.45) is 3.98. The molecule has 0 saturated carbocycles. The van der Waals surface area contributed by atoms with E-state index in [1.54, 1.807) is 0 Å². The molecule has 2 heterocycles. The molecule has 0 aromatic carbocycles. The van der Waals surface area contributed by atoms with E-state index in [0.717, 1.165) is 38.1 Å². The van der Waals surface area contributed by atoms with Crippen molar-refractivity contribution in [3.63, 3.8) is 0 Å². The molecule has 1 spiro atoms. The monoisotopic (exact) mass is 432 g/mol. The number of carboxylic acids is 4. The SMILES string of the molecule is CC(=O)O/N=C1\COC2(CCN(C)CC2)C1.O=C(O)/C=C\C(=O)O.O=C(O)C(=O)O. The molecule has 0 atom stereocenters. The maximum Gasteiger partial charge on any atom is 0.414 e.